The van der Waals surface area contributed by atoms with E-state index in [0.29, 0.717) is 0 Å². The van der Waals surface area contributed by atoms with E-state index in [9.17, 15) is 4.79 Å². The van der Waals surface area contributed by atoms with Crippen LogP contribution in [0.2, 0.25) is 0 Å². The van der Waals surface area contributed by atoms with Gasteiger partial charge < -0.3 is 27.0 Å². The third-order valence-corrected chi connectivity index (χ3v) is 1.80. The van der Waals surface area contributed by atoms with Gasteiger partial charge >= 0.3 is 5.97 Å². The van der Waals surface area contributed by atoms with Crippen molar-refractivity contribution in [1.29, 1.82) is 0 Å². The predicted molar refractivity (Wildman–Crippen MR) is 44.8 cm³/mol. The minimum atomic E-state index is -1.14. The molecule has 0 aliphatic carbocycles. The minimum Gasteiger partial charge on any atom is -0.480 e. The summed E-state index contributed by atoms with van der Waals surface area (Å²) in [4.78, 5) is 14.0. The molecule has 1 unspecified atom stereocenters. The lowest BCUT2D eigenvalue weighted by Crippen LogP contribution is -2.57. The van der Waals surface area contributed by atoms with Gasteiger partial charge in [-0.15, -0.1) is 0 Å². The van der Waals surface area contributed by atoms with E-state index >= 15 is 0 Å². The Morgan fingerprint density at radius 2 is 2.38 bits per heavy atom. The molecule has 1 aliphatic rings. The number of rotatable bonds is 2. The smallest absolute Gasteiger partial charge is 0.322 e. The molecule has 13 heavy (non-hydrogen) atoms. The second-order valence-corrected chi connectivity index (χ2v) is 2.85. The number of nitrogens with zero attached hydrogens (tertiary/aromatic N) is 1. The highest BCUT2D eigenvalue weighted by molar-refractivity contribution is 5.81. The van der Waals surface area contributed by atoms with Crippen LogP contribution in [0.25, 0.3) is 0 Å². The number of guanidine groups is 1. The number of hydrogen-bond acceptors (Lipinski definition) is 6. The summed E-state index contributed by atoms with van der Waals surface area (Å²) in [5.74, 6) is -1.13. The Kier molecular flexibility index (Phi) is 2.69. The maximum Gasteiger partial charge on any atom is 0.322 e. The van der Waals surface area contributed by atoms with Gasteiger partial charge in [0.15, 0.2) is 12.2 Å². The number of carbonyl (C=O) groups is 1. The first-order valence-electron chi connectivity index (χ1n) is 3.77. The fourth-order valence-electron chi connectivity index (χ4n) is 1.14. The van der Waals surface area contributed by atoms with Gasteiger partial charge in [0.25, 0.3) is 0 Å². The summed E-state index contributed by atoms with van der Waals surface area (Å²) >= 11 is 0. The van der Waals surface area contributed by atoms with Crippen LogP contribution >= 0.6 is 0 Å². The molecule has 1 aliphatic heterocycles. The van der Waals surface area contributed by atoms with Gasteiger partial charge in [0.2, 0.25) is 0 Å². The van der Waals surface area contributed by atoms with E-state index in [1.54, 1.807) is 0 Å². The van der Waals surface area contributed by atoms with Crippen molar-refractivity contribution in [2.24, 2.45) is 16.5 Å². The molecule has 0 saturated carbocycles. The number of aliphatic imine (C=N–C) groups is 1. The average molecular weight is 188 g/mol. The number of carboxylic acid groups (broad SMARTS) is 1. The average Bonchev–Trinajstić information content (AvgIpc) is 2.01. The van der Waals surface area contributed by atoms with Gasteiger partial charge in [-0.2, -0.15) is 0 Å². The fraction of sp³-hybridized carbons (Fsp3) is 0.667. The van der Waals surface area contributed by atoms with Gasteiger partial charge in [-0.25, -0.2) is 4.99 Å². The van der Waals surface area contributed by atoms with Crippen molar-refractivity contribution < 1.29 is 15.0 Å². The van der Waals surface area contributed by atoms with Crippen molar-refractivity contribution in [3.63, 3.8) is 0 Å². The number of nitrogens with one attached hydrogen (secondary N) is 1. The molecule has 0 aromatic heterocycles. The van der Waals surface area contributed by atoms with Crippen LogP contribution in [0, 0.1) is 0 Å². The monoisotopic (exact) mass is 188 g/mol. The van der Waals surface area contributed by atoms with Crippen LogP contribution in [0.4, 0.5) is 0 Å². The maximum atomic E-state index is 10.5. The summed E-state index contributed by atoms with van der Waals surface area (Å²) in [6, 6.07) is -1.67. The summed E-state index contributed by atoms with van der Waals surface area (Å²) in [5, 5.41) is 20.3. The number of aliphatic carboxylic acids is 1. The maximum absolute atomic E-state index is 10.5. The third kappa shape index (κ3) is 2.30. The van der Waals surface area contributed by atoms with Gasteiger partial charge in [0, 0.05) is 6.42 Å². The molecule has 7 nitrogen and oxygen atoms in total. The molecule has 1 heterocycles. The second-order valence-electron chi connectivity index (χ2n) is 2.85. The summed E-state index contributed by atoms with van der Waals surface area (Å²) < 4.78 is 0. The number of aliphatic hydroxyl groups excluding tert-OH is 1. The molecule has 0 aromatic rings. The highest BCUT2D eigenvalue weighted by Gasteiger charge is 2.29. The number of hydrogen-bond donors (Lipinski definition) is 5. The molecule has 74 valence electrons. The molecule has 1 rings (SSSR count). The normalized spacial score (nSPS) is 30.2. The highest BCUT2D eigenvalue weighted by Crippen LogP contribution is 2.07. The Bertz CT molecular complexity index is 242. The molecule has 0 spiro atoms. The summed E-state index contributed by atoms with van der Waals surface area (Å²) in [6.07, 6.45) is -0.828. The standard InChI is InChI=1S/C6H12N4O3/c7-4(5(12)13)2-1-3(11)10-6(8)9-2/h2-4,11H,1,7H2,(H,12,13)(H3,8,9,10)/t2?,3-,4-/m0/s1. The molecular formula is C6H12N4O3. The lowest BCUT2D eigenvalue weighted by atomic mass is 10.0. The van der Waals surface area contributed by atoms with Crippen molar-refractivity contribution >= 4 is 11.9 Å². The summed E-state index contributed by atoms with van der Waals surface area (Å²) in [6.45, 7) is 0. The molecule has 3 atom stereocenters. The van der Waals surface area contributed by atoms with E-state index in [2.05, 4.69) is 10.3 Å². The first-order chi connectivity index (χ1) is 6.00. The zero-order chi connectivity index (χ0) is 10.0. The molecule has 0 bridgehead atoms. The molecular weight excluding hydrogens is 176 g/mol. The molecule has 0 fully saturated rings. The summed E-state index contributed by atoms with van der Waals surface area (Å²) in [7, 11) is 0. The number of carboxylic acids is 1. The van der Waals surface area contributed by atoms with Crippen LogP contribution in [0.3, 0.4) is 0 Å². The molecule has 0 saturated heterocycles. The Labute approximate surface area is 74.4 Å². The Hall–Kier alpha value is -1.34. The van der Waals surface area contributed by atoms with Crippen LogP contribution < -0.4 is 16.8 Å². The van der Waals surface area contributed by atoms with Crippen molar-refractivity contribution in [2.45, 2.75) is 24.7 Å². The zero-order valence-electron chi connectivity index (χ0n) is 6.84. The van der Waals surface area contributed by atoms with Gasteiger partial charge in [0.1, 0.15) is 6.04 Å². The van der Waals surface area contributed by atoms with E-state index in [1.165, 1.54) is 0 Å². The van der Waals surface area contributed by atoms with Crippen LogP contribution in [-0.2, 0) is 4.79 Å². The molecule has 0 amide bonds. The first-order valence-corrected chi connectivity index (χ1v) is 3.77. The topological polar surface area (TPSA) is 134 Å². The van der Waals surface area contributed by atoms with E-state index in [4.69, 9.17) is 21.7 Å². The third-order valence-electron chi connectivity index (χ3n) is 1.80. The van der Waals surface area contributed by atoms with Crippen LogP contribution in [0.5, 0.6) is 0 Å². The van der Waals surface area contributed by atoms with Crippen molar-refractivity contribution in [3.05, 3.63) is 0 Å². The van der Waals surface area contributed by atoms with E-state index in [1.807, 2.05) is 0 Å². The van der Waals surface area contributed by atoms with Crippen LogP contribution in [-0.4, -0.2) is 40.5 Å². The molecule has 0 radical (unpaired) electrons. The number of aliphatic hydroxyl groups is 1. The van der Waals surface area contributed by atoms with E-state index in [-0.39, 0.29) is 12.4 Å². The predicted octanol–water partition coefficient (Wildman–Crippen LogP) is -2.61. The van der Waals surface area contributed by atoms with Crippen LogP contribution in [0.1, 0.15) is 6.42 Å². The Morgan fingerprint density at radius 3 is 2.85 bits per heavy atom. The first kappa shape index (κ1) is 9.75. The van der Waals surface area contributed by atoms with Crippen molar-refractivity contribution in [2.75, 3.05) is 0 Å². The molecule has 7 heteroatoms. The molecule has 7 N–H and O–H groups in total. The number of nitrogens with two attached hydrogens (primary N) is 2. The quantitative estimate of drug-likeness (QED) is 0.322. The van der Waals surface area contributed by atoms with Crippen LogP contribution in [0.15, 0.2) is 4.99 Å². The van der Waals surface area contributed by atoms with Crippen molar-refractivity contribution in [1.82, 2.24) is 5.32 Å². The van der Waals surface area contributed by atoms with Crippen molar-refractivity contribution in [3.8, 4) is 0 Å². The fourth-order valence-corrected chi connectivity index (χ4v) is 1.14. The molecule has 0 aromatic carbocycles. The zero-order valence-corrected chi connectivity index (χ0v) is 6.84. The van der Waals surface area contributed by atoms with E-state index < -0.39 is 24.3 Å². The Morgan fingerprint density at radius 1 is 1.77 bits per heavy atom. The van der Waals surface area contributed by atoms with Gasteiger partial charge in [0.05, 0.1) is 6.04 Å². The lowest BCUT2D eigenvalue weighted by Gasteiger charge is -2.27. The summed E-state index contributed by atoms with van der Waals surface area (Å²) in [5.41, 5.74) is 10.6. The van der Waals surface area contributed by atoms with E-state index in [0.717, 1.165) is 0 Å². The Balaban J connectivity index is 2.64. The highest BCUT2D eigenvalue weighted by atomic mass is 16.4. The van der Waals surface area contributed by atoms with Gasteiger partial charge in [-0.1, -0.05) is 0 Å². The lowest BCUT2D eigenvalue weighted by molar-refractivity contribution is -0.139. The SMILES string of the molecule is NC1=N[C@@H](O)CC([C@H](N)C(=O)O)N1. The van der Waals surface area contributed by atoms with Gasteiger partial charge in [-0.3, -0.25) is 4.79 Å². The second kappa shape index (κ2) is 3.58. The minimum absolute atomic E-state index is 0.0143. The van der Waals surface area contributed by atoms with Gasteiger partial charge in [-0.05, 0) is 0 Å². The largest absolute Gasteiger partial charge is 0.480 e.